The Morgan fingerprint density at radius 1 is 1.17 bits per heavy atom. The van der Waals surface area contributed by atoms with Gasteiger partial charge >= 0.3 is 0 Å². The van der Waals surface area contributed by atoms with Gasteiger partial charge in [0.05, 0.1) is 11.9 Å². The first kappa shape index (κ1) is 21.7. The summed E-state index contributed by atoms with van der Waals surface area (Å²) in [4.78, 5) is 12.5. The number of amides is 1. The first-order valence-corrected chi connectivity index (χ1v) is 11.5. The number of sulfonamides is 1. The molecule has 3 aromatic rings. The van der Waals surface area contributed by atoms with Gasteiger partial charge in [0.1, 0.15) is 0 Å². The SMILES string of the molecule is Cc1ccc(-c2n[nH]c(=S)n2CCC(=O)Nc2ccc(C)c(NS(C)(=O)=O)c2)cc1. The number of aryl methyl sites for hydroxylation is 2. The van der Waals surface area contributed by atoms with Crippen molar-refractivity contribution < 1.29 is 13.2 Å². The van der Waals surface area contributed by atoms with Crippen molar-refractivity contribution in [2.45, 2.75) is 26.8 Å². The van der Waals surface area contributed by atoms with E-state index in [1.165, 1.54) is 0 Å². The number of carbonyl (C=O) groups excluding carboxylic acids is 1. The van der Waals surface area contributed by atoms with E-state index in [2.05, 4.69) is 20.2 Å². The van der Waals surface area contributed by atoms with Crippen LogP contribution in [0.5, 0.6) is 0 Å². The zero-order valence-electron chi connectivity index (χ0n) is 16.9. The molecule has 0 aliphatic heterocycles. The quantitative estimate of drug-likeness (QED) is 0.481. The van der Waals surface area contributed by atoms with Crippen molar-refractivity contribution in [3.8, 4) is 11.4 Å². The fraction of sp³-hybridized carbons (Fsp3) is 0.250. The Morgan fingerprint density at radius 3 is 2.53 bits per heavy atom. The van der Waals surface area contributed by atoms with Crippen LogP contribution in [-0.2, 0) is 21.4 Å². The maximum atomic E-state index is 12.5. The molecule has 2 aromatic carbocycles. The number of carbonyl (C=O) groups is 1. The molecule has 3 rings (SSSR count). The summed E-state index contributed by atoms with van der Waals surface area (Å²) in [7, 11) is -3.41. The van der Waals surface area contributed by atoms with Crippen LogP contribution in [0.25, 0.3) is 11.4 Å². The molecular formula is C20H23N5O3S2. The van der Waals surface area contributed by atoms with Crippen LogP contribution < -0.4 is 10.0 Å². The van der Waals surface area contributed by atoms with Crippen LogP contribution in [0.1, 0.15) is 17.5 Å². The molecule has 0 aliphatic rings. The number of aromatic nitrogens is 3. The fourth-order valence-corrected chi connectivity index (χ4v) is 3.74. The summed E-state index contributed by atoms with van der Waals surface area (Å²) in [6.07, 6.45) is 1.26. The zero-order chi connectivity index (χ0) is 21.9. The van der Waals surface area contributed by atoms with Crippen LogP contribution in [0.15, 0.2) is 42.5 Å². The molecule has 0 saturated heterocycles. The second kappa shape index (κ2) is 8.80. The summed E-state index contributed by atoms with van der Waals surface area (Å²) in [5, 5.41) is 9.85. The molecule has 0 unspecified atom stereocenters. The lowest BCUT2D eigenvalue weighted by Gasteiger charge is -2.12. The van der Waals surface area contributed by atoms with Gasteiger partial charge in [0.25, 0.3) is 0 Å². The van der Waals surface area contributed by atoms with Crippen molar-refractivity contribution in [1.29, 1.82) is 0 Å². The molecule has 10 heteroatoms. The molecule has 0 saturated carbocycles. The summed E-state index contributed by atoms with van der Waals surface area (Å²) in [5.74, 6) is 0.449. The van der Waals surface area contributed by atoms with Crippen LogP contribution in [0, 0.1) is 18.6 Å². The van der Waals surface area contributed by atoms with E-state index in [-0.39, 0.29) is 12.3 Å². The van der Waals surface area contributed by atoms with E-state index < -0.39 is 10.0 Å². The van der Waals surface area contributed by atoms with E-state index in [9.17, 15) is 13.2 Å². The number of H-pyrrole nitrogens is 1. The minimum absolute atomic E-state index is 0.176. The molecule has 0 spiro atoms. The maximum Gasteiger partial charge on any atom is 0.229 e. The van der Waals surface area contributed by atoms with E-state index in [4.69, 9.17) is 12.2 Å². The molecule has 1 heterocycles. The number of hydrogen-bond acceptors (Lipinski definition) is 5. The summed E-state index contributed by atoms with van der Waals surface area (Å²) < 4.78 is 27.7. The Hall–Kier alpha value is -2.98. The highest BCUT2D eigenvalue weighted by molar-refractivity contribution is 7.92. The van der Waals surface area contributed by atoms with E-state index in [1.54, 1.807) is 29.7 Å². The topological polar surface area (TPSA) is 109 Å². The highest BCUT2D eigenvalue weighted by Gasteiger charge is 2.12. The number of rotatable bonds is 7. The predicted octanol–water partition coefficient (Wildman–Crippen LogP) is 3.62. The first-order valence-electron chi connectivity index (χ1n) is 9.23. The lowest BCUT2D eigenvalue weighted by atomic mass is 10.1. The molecule has 0 atom stereocenters. The predicted molar refractivity (Wildman–Crippen MR) is 120 cm³/mol. The summed E-state index contributed by atoms with van der Waals surface area (Å²) in [5.41, 5.74) is 3.73. The third kappa shape index (κ3) is 5.55. The number of hydrogen-bond donors (Lipinski definition) is 3. The molecule has 1 amide bonds. The van der Waals surface area contributed by atoms with E-state index in [1.807, 2.05) is 31.2 Å². The van der Waals surface area contributed by atoms with Crippen molar-refractivity contribution in [2.24, 2.45) is 0 Å². The average Bonchev–Trinajstić information content (AvgIpc) is 3.03. The van der Waals surface area contributed by atoms with Crippen molar-refractivity contribution in [1.82, 2.24) is 14.8 Å². The lowest BCUT2D eigenvalue weighted by molar-refractivity contribution is -0.116. The molecule has 8 nitrogen and oxygen atoms in total. The number of aromatic amines is 1. The highest BCUT2D eigenvalue weighted by atomic mass is 32.2. The Labute approximate surface area is 180 Å². The second-order valence-electron chi connectivity index (χ2n) is 7.07. The number of nitrogens with zero attached hydrogens (tertiary/aromatic N) is 2. The highest BCUT2D eigenvalue weighted by Crippen LogP contribution is 2.22. The molecule has 30 heavy (non-hydrogen) atoms. The van der Waals surface area contributed by atoms with Gasteiger partial charge in [-0.1, -0.05) is 35.9 Å². The van der Waals surface area contributed by atoms with Crippen molar-refractivity contribution in [3.05, 3.63) is 58.4 Å². The van der Waals surface area contributed by atoms with Gasteiger partial charge in [0, 0.05) is 24.2 Å². The summed E-state index contributed by atoms with van der Waals surface area (Å²) in [6, 6.07) is 13.0. The molecular weight excluding hydrogens is 422 g/mol. The monoisotopic (exact) mass is 445 g/mol. The molecule has 1 aromatic heterocycles. The molecule has 0 aliphatic carbocycles. The molecule has 3 N–H and O–H groups in total. The fourth-order valence-electron chi connectivity index (χ4n) is 2.89. The van der Waals surface area contributed by atoms with Gasteiger partial charge in [-0.15, -0.1) is 0 Å². The minimum atomic E-state index is -3.41. The Balaban J connectivity index is 1.70. The largest absolute Gasteiger partial charge is 0.326 e. The third-order valence-corrected chi connectivity index (χ3v) is 5.35. The van der Waals surface area contributed by atoms with Gasteiger partial charge in [-0.05, 0) is 43.8 Å². The Morgan fingerprint density at radius 2 is 1.87 bits per heavy atom. The number of anilines is 2. The van der Waals surface area contributed by atoms with Crippen molar-refractivity contribution in [3.63, 3.8) is 0 Å². The van der Waals surface area contributed by atoms with Crippen LogP contribution in [-0.4, -0.2) is 35.3 Å². The zero-order valence-corrected chi connectivity index (χ0v) is 18.5. The smallest absolute Gasteiger partial charge is 0.229 e. The molecule has 158 valence electrons. The van der Waals surface area contributed by atoms with Crippen molar-refractivity contribution in [2.75, 3.05) is 16.3 Å². The molecule has 0 fully saturated rings. The average molecular weight is 446 g/mol. The van der Waals surface area contributed by atoms with E-state index in [0.717, 1.165) is 22.9 Å². The maximum absolute atomic E-state index is 12.5. The van der Waals surface area contributed by atoms with E-state index in [0.29, 0.717) is 28.5 Å². The number of nitrogens with one attached hydrogen (secondary N) is 3. The van der Waals surface area contributed by atoms with Gasteiger partial charge < -0.3 is 5.32 Å². The lowest BCUT2D eigenvalue weighted by Crippen LogP contribution is -2.16. The van der Waals surface area contributed by atoms with Crippen LogP contribution in [0.4, 0.5) is 11.4 Å². The summed E-state index contributed by atoms with van der Waals surface area (Å²) >= 11 is 5.31. The minimum Gasteiger partial charge on any atom is -0.326 e. The van der Waals surface area contributed by atoms with Crippen LogP contribution in [0.3, 0.4) is 0 Å². The molecule has 0 bridgehead atoms. The normalized spacial score (nSPS) is 11.3. The van der Waals surface area contributed by atoms with Crippen molar-refractivity contribution >= 4 is 39.5 Å². The molecule has 0 radical (unpaired) electrons. The summed E-state index contributed by atoms with van der Waals surface area (Å²) in [6.45, 7) is 4.14. The van der Waals surface area contributed by atoms with Crippen LogP contribution >= 0.6 is 12.2 Å². The van der Waals surface area contributed by atoms with Crippen LogP contribution in [0.2, 0.25) is 0 Å². The third-order valence-electron chi connectivity index (χ3n) is 4.45. The van der Waals surface area contributed by atoms with Gasteiger partial charge in [-0.25, -0.2) is 8.42 Å². The second-order valence-corrected chi connectivity index (χ2v) is 9.21. The first-order chi connectivity index (χ1) is 14.1. The van der Waals surface area contributed by atoms with Gasteiger partial charge in [-0.3, -0.25) is 19.2 Å². The standard InChI is InChI=1S/C20H23N5O3S2/c1-13-4-7-15(8-5-13)19-22-23-20(29)25(19)11-10-18(26)21-16-9-6-14(2)17(12-16)24-30(3,27)28/h4-9,12,24H,10-11H2,1-3H3,(H,21,26)(H,23,29). The van der Waals surface area contributed by atoms with Gasteiger partial charge in [-0.2, -0.15) is 5.10 Å². The Bertz CT molecular complexity index is 1230. The number of benzene rings is 2. The Kier molecular flexibility index (Phi) is 6.37. The van der Waals surface area contributed by atoms with Gasteiger partial charge in [0.15, 0.2) is 10.6 Å². The van der Waals surface area contributed by atoms with Gasteiger partial charge in [0.2, 0.25) is 15.9 Å². The van der Waals surface area contributed by atoms with E-state index >= 15 is 0 Å².